The minimum atomic E-state index is 0.449. The molecule has 0 heterocycles. The van der Waals surface area contributed by atoms with Crippen LogP contribution >= 0.6 is 0 Å². The minimum absolute atomic E-state index is 0.449. The van der Waals surface area contributed by atoms with Crippen LogP contribution in [0.25, 0.3) is 0 Å². The second-order valence-electron chi connectivity index (χ2n) is 5.84. The summed E-state index contributed by atoms with van der Waals surface area (Å²) >= 11 is 0. The molecule has 0 radical (unpaired) electrons. The highest BCUT2D eigenvalue weighted by atomic mass is 15.1. The van der Waals surface area contributed by atoms with Gasteiger partial charge in [-0.2, -0.15) is 0 Å². The van der Waals surface area contributed by atoms with Crippen molar-refractivity contribution in [2.24, 2.45) is 11.7 Å². The smallest absolute Gasteiger partial charge is 0.0241 e. The van der Waals surface area contributed by atoms with E-state index < -0.39 is 0 Å². The van der Waals surface area contributed by atoms with E-state index in [1.165, 1.54) is 22.3 Å². The lowest BCUT2D eigenvalue weighted by atomic mass is 9.97. The van der Waals surface area contributed by atoms with Crippen molar-refractivity contribution >= 4 is 0 Å². The lowest BCUT2D eigenvalue weighted by Crippen LogP contribution is -2.41. The van der Waals surface area contributed by atoms with Crippen molar-refractivity contribution in [3.05, 3.63) is 34.4 Å². The van der Waals surface area contributed by atoms with Gasteiger partial charge in [0.15, 0.2) is 0 Å². The molecule has 0 aliphatic heterocycles. The van der Waals surface area contributed by atoms with Crippen LogP contribution in [0.15, 0.2) is 12.1 Å². The Labute approximate surface area is 112 Å². The van der Waals surface area contributed by atoms with Gasteiger partial charge >= 0.3 is 0 Å². The Bertz CT molecular complexity index is 373. The van der Waals surface area contributed by atoms with Crippen molar-refractivity contribution < 1.29 is 0 Å². The van der Waals surface area contributed by atoms with Gasteiger partial charge in [-0.3, -0.25) is 4.90 Å². The molecule has 2 heteroatoms. The van der Waals surface area contributed by atoms with Crippen molar-refractivity contribution in [2.45, 2.75) is 47.2 Å². The maximum absolute atomic E-state index is 5.89. The molecule has 0 aliphatic carbocycles. The summed E-state index contributed by atoms with van der Waals surface area (Å²) in [7, 11) is 2.18. The molecule has 0 bridgehead atoms. The van der Waals surface area contributed by atoms with Crippen molar-refractivity contribution in [3.8, 4) is 0 Å². The van der Waals surface area contributed by atoms with Crippen LogP contribution in [0, 0.1) is 26.7 Å². The van der Waals surface area contributed by atoms with Crippen LogP contribution in [0.4, 0.5) is 0 Å². The number of likely N-dealkylation sites (N-methyl/N-ethyl adjacent to an activating group) is 1. The number of nitrogens with two attached hydrogens (primary N) is 1. The van der Waals surface area contributed by atoms with Crippen LogP contribution in [-0.2, 0) is 6.54 Å². The zero-order valence-electron chi connectivity index (χ0n) is 12.7. The first-order chi connectivity index (χ1) is 8.36. The van der Waals surface area contributed by atoms with E-state index in [2.05, 4.69) is 58.7 Å². The molecular weight excluding hydrogens is 220 g/mol. The highest BCUT2D eigenvalue weighted by Crippen LogP contribution is 2.20. The van der Waals surface area contributed by atoms with E-state index in [9.17, 15) is 0 Å². The molecule has 0 saturated carbocycles. The van der Waals surface area contributed by atoms with E-state index >= 15 is 0 Å². The SMILES string of the molecule is Cc1cc(C)c(CN(C)C(CN)C(C)C)c(C)c1. The second kappa shape index (κ2) is 6.35. The summed E-state index contributed by atoms with van der Waals surface area (Å²) < 4.78 is 0. The van der Waals surface area contributed by atoms with Gasteiger partial charge in [0.1, 0.15) is 0 Å². The van der Waals surface area contributed by atoms with Crippen molar-refractivity contribution in [1.29, 1.82) is 0 Å². The summed E-state index contributed by atoms with van der Waals surface area (Å²) in [5, 5.41) is 0. The zero-order chi connectivity index (χ0) is 13.9. The molecule has 2 nitrogen and oxygen atoms in total. The number of benzene rings is 1. The minimum Gasteiger partial charge on any atom is -0.329 e. The van der Waals surface area contributed by atoms with Gasteiger partial charge < -0.3 is 5.73 Å². The van der Waals surface area contributed by atoms with E-state index in [0.717, 1.165) is 13.1 Å². The van der Waals surface area contributed by atoms with Crippen LogP contribution in [0.1, 0.15) is 36.1 Å². The van der Waals surface area contributed by atoms with Crippen molar-refractivity contribution in [1.82, 2.24) is 4.90 Å². The predicted octanol–water partition coefficient (Wildman–Crippen LogP) is 3.03. The van der Waals surface area contributed by atoms with E-state index in [1.807, 2.05) is 0 Å². The highest BCUT2D eigenvalue weighted by molar-refractivity contribution is 5.37. The molecule has 2 N–H and O–H groups in total. The second-order valence-corrected chi connectivity index (χ2v) is 5.84. The Balaban J connectivity index is 2.91. The van der Waals surface area contributed by atoms with Gasteiger partial charge in [0, 0.05) is 19.1 Å². The van der Waals surface area contributed by atoms with Crippen LogP contribution in [0.3, 0.4) is 0 Å². The third kappa shape index (κ3) is 3.56. The van der Waals surface area contributed by atoms with Gasteiger partial charge in [0.05, 0.1) is 0 Å². The molecule has 0 aliphatic rings. The number of rotatable bonds is 5. The molecule has 0 fully saturated rings. The molecule has 1 aromatic rings. The molecule has 1 atom stereocenters. The summed E-state index contributed by atoms with van der Waals surface area (Å²) in [6.45, 7) is 12.7. The normalized spacial score (nSPS) is 13.4. The monoisotopic (exact) mass is 248 g/mol. The molecule has 1 aromatic carbocycles. The van der Waals surface area contributed by atoms with Crippen molar-refractivity contribution in [2.75, 3.05) is 13.6 Å². The molecule has 102 valence electrons. The number of hydrogen-bond acceptors (Lipinski definition) is 2. The lowest BCUT2D eigenvalue weighted by Gasteiger charge is -2.31. The molecular formula is C16H28N2. The van der Waals surface area contributed by atoms with Gasteiger partial charge in [0.25, 0.3) is 0 Å². The number of hydrogen-bond donors (Lipinski definition) is 1. The van der Waals surface area contributed by atoms with Gasteiger partial charge in [0.2, 0.25) is 0 Å². The van der Waals surface area contributed by atoms with Crippen LogP contribution < -0.4 is 5.73 Å². The zero-order valence-corrected chi connectivity index (χ0v) is 12.7. The van der Waals surface area contributed by atoms with Gasteiger partial charge in [-0.05, 0) is 50.4 Å². The third-order valence-corrected chi connectivity index (χ3v) is 3.83. The number of nitrogens with zero attached hydrogens (tertiary/aromatic N) is 1. The van der Waals surface area contributed by atoms with Gasteiger partial charge in [-0.1, -0.05) is 31.5 Å². The maximum atomic E-state index is 5.89. The van der Waals surface area contributed by atoms with Gasteiger partial charge in [-0.15, -0.1) is 0 Å². The first kappa shape index (κ1) is 15.2. The summed E-state index contributed by atoms with van der Waals surface area (Å²) in [6.07, 6.45) is 0. The molecule has 0 amide bonds. The van der Waals surface area contributed by atoms with Crippen molar-refractivity contribution in [3.63, 3.8) is 0 Å². The Morgan fingerprint density at radius 3 is 2.00 bits per heavy atom. The maximum Gasteiger partial charge on any atom is 0.0241 e. The molecule has 0 aromatic heterocycles. The Morgan fingerprint density at radius 2 is 1.61 bits per heavy atom. The van der Waals surface area contributed by atoms with E-state index in [1.54, 1.807) is 0 Å². The molecule has 0 spiro atoms. The average molecular weight is 248 g/mol. The van der Waals surface area contributed by atoms with Crippen LogP contribution in [0.2, 0.25) is 0 Å². The van der Waals surface area contributed by atoms with E-state index in [4.69, 9.17) is 5.73 Å². The molecule has 18 heavy (non-hydrogen) atoms. The summed E-state index contributed by atoms with van der Waals surface area (Å²) in [5.41, 5.74) is 11.5. The van der Waals surface area contributed by atoms with E-state index in [0.29, 0.717) is 12.0 Å². The number of aryl methyl sites for hydroxylation is 3. The fraction of sp³-hybridized carbons (Fsp3) is 0.625. The molecule has 1 rings (SSSR count). The summed E-state index contributed by atoms with van der Waals surface area (Å²) in [4.78, 5) is 2.38. The molecule has 0 saturated heterocycles. The van der Waals surface area contributed by atoms with E-state index in [-0.39, 0.29) is 0 Å². The summed E-state index contributed by atoms with van der Waals surface area (Å²) in [6, 6.07) is 4.98. The summed E-state index contributed by atoms with van der Waals surface area (Å²) in [5.74, 6) is 0.589. The standard InChI is InChI=1S/C16H28N2/c1-11(2)16(9-17)18(6)10-15-13(4)7-12(3)8-14(15)5/h7-8,11,16H,9-10,17H2,1-6H3. The first-order valence-corrected chi connectivity index (χ1v) is 6.83. The highest BCUT2D eigenvalue weighted by Gasteiger charge is 2.18. The lowest BCUT2D eigenvalue weighted by molar-refractivity contribution is 0.189. The average Bonchev–Trinajstić information content (AvgIpc) is 2.23. The quantitative estimate of drug-likeness (QED) is 0.868. The Morgan fingerprint density at radius 1 is 1.11 bits per heavy atom. The largest absolute Gasteiger partial charge is 0.329 e. The van der Waals surface area contributed by atoms with Crippen LogP contribution in [-0.4, -0.2) is 24.5 Å². The fourth-order valence-electron chi connectivity index (χ4n) is 2.79. The first-order valence-electron chi connectivity index (χ1n) is 6.83. The van der Waals surface area contributed by atoms with Crippen LogP contribution in [0.5, 0.6) is 0 Å². The van der Waals surface area contributed by atoms with Gasteiger partial charge in [-0.25, -0.2) is 0 Å². The fourth-order valence-corrected chi connectivity index (χ4v) is 2.79. The Kier molecular flexibility index (Phi) is 5.36. The molecule has 1 unspecified atom stereocenters. The topological polar surface area (TPSA) is 29.3 Å². The Hall–Kier alpha value is -0.860. The predicted molar refractivity (Wildman–Crippen MR) is 79.8 cm³/mol. The third-order valence-electron chi connectivity index (χ3n) is 3.83.